The van der Waals surface area contributed by atoms with Crippen LogP contribution in [0.5, 0.6) is 0 Å². The summed E-state index contributed by atoms with van der Waals surface area (Å²) in [5.74, 6) is -0.0848. The second-order valence-corrected chi connectivity index (χ2v) is 4.15. The van der Waals surface area contributed by atoms with Crippen LogP contribution in [0.1, 0.15) is 13.3 Å². The number of imide groups is 1. The zero-order valence-electron chi connectivity index (χ0n) is 9.69. The number of hydrogen-bond acceptors (Lipinski definition) is 4. The fraction of sp³-hybridized carbons (Fsp3) is 0.800. The molecule has 1 aliphatic rings. The van der Waals surface area contributed by atoms with Crippen molar-refractivity contribution in [3.05, 3.63) is 0 Å². The van der Waals surface area contributed by atoms with Gasteiger partial charge in [0.05, 0.1) is 12.6 Å². The molecular weight excluding hydrogens is 210 g/mol. The van der Waals surface area contributed by atoms with E-state index in [4.69, 9.17) is 0 Å². The van der Waals surface area contributed by atoms with Crippen molar-refractivity contribution in [2.24, 2.45) is 5.92 Å². The molecule has 1 heterocycles. The Labute approximate surface area is 95.0 Å². The summed E-state index contributed by atoms with van der Waals surface area (Å²) in [5.41, 5.74) is 0. The van der Waals surface area contributed by atoms with Crippen molar-refractivity contribution in [2.45, 2.75) is 19.4 Å². The summed E-state index contributed by atoms with van der Waals surface area (Å²) in [7, 11) is 1.46. The Morgan fingerprint density at radius 3 is 2.75 bits per heavy atom. The number of hydrogen-bond donors (Lipinski definition) is 3. The van der Waals surface area contributed by atoms with E-state index < -0.39 is 6.03 Å². The molecule has 0 bridgehead atoms. The van der Waals surface area contributed by atoms with E-state index in [1.54, 1.807) is 6.92 Å². The van der Waals surface area contributed by atoms with Crippen LogP contribution in [0.3, 0.4) is 0 Å². The van der Waals surface area contributed by atoms with E-state index in [0.717, 1.165) is 13.0 Å². The van der Waals surface area contributed by atoms with Gasteiger partial charge in [-0.3, -0.25) is 15.0 Å². The lowest BCUT2D eigenvalue weighted by Gasteiger charge is -2.16. The van der Waals surface area contributed by atoms with Crippen LogP contribution in [0.15, 0.2) is 0 Å². The zero-order valence-corrected chi connectivity index (χ0v) is 9.69. The third-order valence-corrected chi connectivity index (χ3v) is 2.84. The summed E-state index contributed by atoms with van der Waals surface area (Å²) < 4.78 is 0. The number of carbonyl (C=O) groups excluding carboxylic acids is 2. The van der Waals surface area contributed by atoms with Crippen LogP contribution in [0.4, 0.5) is 4.79 Å². The molecule has 1 rings (SSSR count). The smallest absolute Gasteiger partial charge is 0.321 e. The van der Waals surface area contributed by atoms with Crippen LogP contribution >= 0.6 is 0 Å². The highest BCUT2D eigenvalue weighted by Crippen LogP contribution is 2.18. The first-order valence-electron chi connectivity index (χ1n) is 5.45. The van der Waals surface area contributed by atoms with E-state index in [1.165, 1.54) is 7.05 Å². The van der Waals surface area contributed by atoms with E-state index in [9.17, 15) is 14.7 Å². The molecule has 0 aromatic carbocycles. The van der Waals surface area contributed by atoms with Gasteiger partial charge in [0, 0.05) is 13.6 Å². The zero-order chi connectivity index (χ0) is 12.1. The minimum absolute atomic E-state index is 0.205. The lowest BCUT2D eigenvalue weighted by atomic mass is 10.0. The average Bonchev–Trinajstić information content (AvgIpc) is 2.65. The molecule has 2 unspecified atom stereocenters. The van der Waals surface area contributed by atoms with Crippen molar-refractivity contribution in [1.29, 1.82) is 0 Å². The molecule has 6 heteroatoms. The molecule has 1 fully saturated rings. The Morgan fingerprint density at radius 2 is 2.25 bits per heavy atom. The van der Waals surface area contributed by atoms with Crippen molar-refractivity contribution in [2.75, 3.05) is 26.7 Å². The fourth-order valence-electron chi connectivity index (χ4n) is 1.83. The molecule has 0 radical (unpaired) electrons. The molecule has 0 aromatic heterocycles. The third-order valence-electron chi connectivity index (χ3n) is 2.84. The molecule has 16 heavy (non-hydrogen) atoms. The molecule has 6 nitrogen and oxygen atoms in total. The van der Waals surface area contributed by atoms with Gasteiger partial charge in [-0.25, -0.2) is 4.79 Å². The lowest BCUT2D eigenvalue weighted by Crippen LogP contribution is -2.43. The molecular formula is C10H19N3O3. The normalized spacial score (nSPS) is 22.8. The Bertz CT molecular complexity index is 268. The summed E-state index contributed by atoms with van der Waals surface area (Å²) in [6.07, 6.45) is 0.553. The number of amides is 3. The van der Waals surface area contributed by atoms with E-state index >= 15 is 0 Å². The average molecular weight is 229 g/mol. The van der Waals surface area contributed by atoms with Crippen molar-refractivity contribution < 1.29 is 14.7 Å². The molecule has 3 N–H and O–H groups in total. The van der Waals surface area contributed by atoms with Gasteiger partial charge >= 0.3 is 6.03 Å². The Kier molecular flexibility index (Phi) is 4.70. The maximum absolute atomic E-state index is 11.4. The number of nitrogens with zero attached hydrogens (tertiary/aromatic N) is 1. The SMILES string of the molecule is CNC(=O)NC(=O)CN1CCC(C(C)O)C1. The number of aliphatic hydroxyl groups excluding tert-OH is 1. The maximum Gasteiger partial charge on any atom is 0.321 e. The lowest BCUT2D eigenvalue weighted by molar-refractivity contribution is -0.121. The van der Waals surface area contributed by atoms with E-state index in [1.807, 2.05) is 4.90 Å². The predicted octanol–water partition coefficient (Wildman–Crippen LogP) is -0.855. The first kappa shape index (κ1) is 12.9. The third kappa shape index (κ3) is 3.79. The molecule has 92 valence electrons. The van der Waals surface area contributed by atoms with E-state index in [0.29, 0.717) is 6.54 Å². The highest BCUT2D eigenvalue weighted by Gasteiger charge is 2.27. The molecule has 3 amide bonds. The van der Waals surface area contributed by atoms with Crippen LogP contribution in [-0.4, -0.2) is 54.7 Å². The van der Waals surface area contributed by atoms with Crippen LogP contribution < -0.4 is 10.6 Å². The standard InChI is InChI=1S/C10H19N3O3/c1-7(14)8-3-4-13(5-8)6-9(15)12-10(16)11-2/h7-8,14H,3-6H2,1-2H3,(H2,11,12,15,16). The van der Waals surface area contributed by atoms with Gasteiger partial charge in [0.15, 0.2) is 0 Å². The molecule has 0 spiro atoms. The summed E-state index contributed by atoms with van der Waals surface area (Å²) in [6, 6.07) is -0.490. The summed E-state index contributed by atoms with van der Waals surface area (Å²) in [4.78, 5) is 24.2. The minimum atomic E-state index is -0.490. The Balaban J connectivity index is 2.28. The fourth-order valence-corrected chi connectivity index (χ4v) is 1.83. The second kappa shape index (κ2) is 5.81. The van der Waals surface area contributed by atoms with Crippen molar-refractivity contribution in [3.8, 4) is 0 Å². The number of nitrogens with one attached hydrogen (secondary N) is 2. The molecule has 0 aliphatic carbocycles. The number of rotatable bonds is 3. The molecule has 0 saturated carbocycles. The first-order valence-corrected chi connectivity index (χ1v) is 5.45. The Hall–Kier alpha value is -1.14. The van der Waals surface area contributed by atoms with Crippen LogP contribution in [-0.2, 0) is 4.79 Å². The maximum atomic E-state index is 11.4. The summed E-state index contributed by atoms with van der Waals surface area (Å²) in [5, 5.41) is 13.9. The van der Waals surface area contributed by atoms with Crippen molar-refractivity contribution in [3.63, 3.8) is 0 Å². The van der Waals surface area contributed by atoms with Gasteiger partial charge in [-0.15, -0.1) is 0 Å². The quantitative estimate of drug-likeness (QED) is 0.588. The van der Waals surface area contributed by atoms with Gasteiger partial charge in [0.1, 0.15) is 0 Å². The van der Waals surface area contributed by atoms with Crippen molar-refractivity contribution >= 4 is 11.9 Å². The van der Waals surface area contributed by atoms with Gasteiger partial charge in [-0.05, 0) is 25.8 Å². The van der Waals surface area contributed by atoms with Gasteiger partial charge in [0.25, 0.3) is 0 Å². The van der Waals surface area contributed by atoms with Crippen LogP contribution in [0, 0.1) is 5.92 Å². The number of likely N-dealkylation sites (tertiary alicyclic amines) is 1. The Morgan fingerprint density at radius 1 is 1.56 bits per heavy atom. The van der Waals surface area contributed by atoms with Gasteiger partial charge < -0.3 is 10.4 Å². The predicted molar refractivity (Wildman–Crippen MR) is 58.8 cm³/mol. The second-order valence-electron chi connectivity index (χ2n) is 4.15. The number of carbonyl (C=O) groups is 2. The van der Waals surface area contributed by atoms with Crippen molar-refractivity contribution in [1.82, 2.24) is 15.5 Å². The van der Waals surface area contributed by atoms with Gasteiger partial charge in [-0.1, -0.05) is 0 Å². The van der Waals surface area contributed by atoms with Gasteiger partial charge in [0.2, 0.25) is 5.91 Å². The number of urea groups is 1. The summed E-state index contributed by atoms with van der Waals surface area (Å²) in [6.45, 7) is 3.46. The number of aliphatic hydroxyl groups is 1. The highest BCUT2D eigenvalue weighted by molar-refractivity contribution is 5.95. The largest absolute Gasteiger partial charge is 0.393 e. The van der Waals surface area contributed by atoms with Crippen LogP contribution in [0.2, 0.25) is 0 Å². The van der Waals surface area contributed by atoms with Crippen LogP contribution in [0.25, 0.3) is 0 Å². The summed E-state index contributed by atoms with van der Waals surface area (Å²) >= 11 is 0. The van der Waals surface area contributed by atoms with E-state index in [2.05, 4.69) is 10.6 Å². The minimum Gasteiger partial charge on any atom is -0.393 e. The molecule has 2 atom stereocenters. The van der Waals surface area contributed by atoms with E-state index in [-0.39, 0.29) is 24.5 Å². The molecule has 1 saturated heterocycles. The topological polar surface area (TPSA) is 81.7 Å². The highest BCUT2D eigenvalue weighted by atomic mass is 16.3. The molecule has 1 aliphatic heterocycles. The molecule has 0 aromatic rings. The first-order chi connectivity index (χ1) is 7.52. The van der Waals surface area contributed by atoms with Gasteiger partial charge in [-0.2, -0.15) is 0 Å². The monoisotopic (exact) mass is 229 g/mol.